The summed E-state index contributed by atoms with van der Waals surface area (Å²) < 4.78 is 0. The molecule has 2 aliphatic heterocycles. The van der Waals surface area contributed by atoms with E-state index in [1.54, 1.807) is 4.90 Å². The van der Waals surface area contributed by atoms with Gasteiger partial charge < -0.3 is 9.80 Å². The topological polar surface area (TPSA) is 40.6 Å². The van der Waals surface area contributed by atoms with Crippen molar-refractivity contribution in [1.29, 1.82) is 0 Å². The smallest absolute Gasteiger partial charge is 0.226 e. The number of rotatable bonds is 3. The first-order valence-electron chi connectivity index (χ1n) is 8.70. The van der Waals surface area contributed by atoms with Crippen LogP contribution in [0.4, 0.5) is 0 Å². The van der Waals surface area contributed by atoms with E-state index < -0.39 is 0 Å². The standard InChI is InChI=1S/C19H26N2O2/c1-20-10-9-17(14-18(20)22)19(23)21-11-7-16(8-12-21)13-15-5-3-2-4-6-15/h2-6,16-17H,7-14H2,1H3. The SMILES string of the molecule is CN1CCC(C(=O)N2CCC(Cc3ccccc3)CC2)CC1=O. The van der Waals surface area contributed by atoms with Crippen LogP contribution in [0.15, 0.2) is 30.3 Å². The molecule has 1 aromatic carbocycles. The fraction of sp³-hybridized carbons (Fsp3) is 0.579. The summed E-state index contributed by atoms with van der Waals surface area (Å²) in [6.07, 6.45) is 4.45. The summed E-state index contributed by atoms with van der Waals surface area (Å²) in [7, 11) is 1.82. The summed E-state index contributed by atoms with van der Waals surface area (Å²) in [6.45, 7) is 2.40. The van der Waals surface area contributed by atoms with E-state index in [1.165, 1.54) is 5.56 Å². The maximum absolute atomic E-state index is 12.6. The largest absolute Gasteiger partial charge is 0.346 e. The van der Waals surface area contributed by atoms with E-state index in [9.17, 15) is 9.59 Å². The maximum atomic E-state index is 12.6. The van der Waals surface area contributed by atoms with Crippen LogP contribution in [-0.2, 0) is 16.0 Å². The molecule has 0 bridgehead atoms. The highest BCUT2D eigenvalue weighted by Crippen LogP contribution is 2.25. The number of hydrogen-bond acceptors (Lipinski definition) is 2. The molecule has 2 saturated heterocycles. The quantitative estimate of drug-likeness (QED) is 0.859. The van der Waals surface area contributed by atoms with E-state index in [0.717, 1.165) is 38.8 Å². The molecule has 124 valence electrons. The van der Waals surface area contributed by atoms with Crippen LogP contribution in [0.5, 0.6) is 0 Å². The Labute approximate surface area is 138 Å². The Morgan fingerprint density at radius 1 is 1.09 bits per heavy atom. The molecule has 0 radical (unpaired) electrons. The van der Waals surface area contributed by atoms with Gasteiger partial charge in [-0.3, -0.25) is 9.59 Å². The predicted molar refractivity (Wildman–Crippen MR) is 89.8 cm³/mol. The van der Waals surface area contributed by atoms with E-state index in [1.807, 2.05) is 18.0 Å². The predicted octanol–water partition coefficient (Wildman–Crippen LogP) is 2.34. The molecule has 0 saturated carbocycles. The van der Waals surface area contributed by atoms with Crippen molar-refractivity contribution >= 4 is 11.8 Å². The summed E-state index contributed by atoms with van der Waals surface area (Å²) in [4.78, 5) is 28.2. The number of hydrogen-bond donors (Lipinski definition) is 0. The second-order valence-corrected chi connectivity index (χ2v) is 6.96. The van der Waals surface area contributed by atoms with Gasteiger partial charge in [-0.1, -0.05) is 30.3 Å². The first-order valence-corrected chi connectivity index (χ1v) is 8.70. The van der Waals surface area contributed by atoms with Crippen LogP contribution in [0.2, 0.25) is 0 Å². The van der Waals surface area contributed by atoms with Crippen LogP contribution >= 0.6 is 0 Å². The van der Waals surface area contributed by atoms with Gasteiger partial charge >= 0.3 is 0 Å². The summed E-state index contributed by atoms with van der Waals surface area (Å²) in [5.41, 5.74) is 1.39. The summed E-state index contributed by atoms with van der Waals surface area (Å²) >= 11 is 0. The lowest BCUT2D eigenvalue weighted by Crippen LogP contribution is -2.46. The Balaban J connectivity index is 1.49. The van der Waals surface area contributed by atoms with Crippen molar-refractivity contribution in [3.05, 3.63) is 35.9 Å². The highest BCUT2D eigenvalue weighted by atomic mass is 16.2. The van der Waals surface area contributed by atoms with Gasteiger partial charge in [0.2, 0.25) is 11.8 Å². The molecule has 1 aromatic rings. The van der Waals surface area contributed by atoms with E-state index in [0.29, 0.717) is 18.9 Å². The van der Waals surface area contributed by atoms with Gasteiger partial charge in [-0.05, 0) is 37.2 Å². The number of nitrogens with zero attached hydrogens (tertiary/aromatic N) is 2. The molecule has 0 aliphatic carbocycles. The zero-order chi connectivity index (χ0) is 16.2. The van der Waals surface area contributed by atoms with Gasteiger partial charge in [0.25, 0.3) is 0 Å². The van der Waals surface area contributed by atoms with Gasteiger partial charge in [-0.2, -0.15) is 0 Å². The van der Waals surface area contributed by atoms with Gasteiger partial charge in [0.1, 0.15) is 0 Å². The number of amides is 2. The molecule has 0 N–H and O–H groups in total. The van der Waals surface area contributed by atoms with Gasteiger partial charge in [-0.15, -0.1) is 0 Å². The molecule has 2 aliphatic rings. The van der Waals surface area contributed by atoms with E-state index in [4.69, 9.17) is 0 Å². The third kappa shape index (κ3) is 3.92. The lowest BCUT2D eigenvalue weighted by atomic mass is 9.88. The van der Waals surface area contributed by atoms with Crippen LogP contribution in [0.3, 0.4) is 0 Å². The molecule has 0 spiro atoms. The molecule has 2 heterocycles. The van der Waals surface area contributed by atoms with Crippen molar-refractivity contribution in [3.8, 4) is 0 Å². The summed E-state index contributed by atoms with van der Waals surface area (Å²) in [6, 6.07) is 10.6. The number of piperidine rings is 2. The first kappa shape index (κ1) is 16.0. The minimum Gasteiger partial charge on any atom is -0.346 e. The van der Waals surface area contributed by atoms with Crippen molar-refractivity contribution in [3.63, 3.8) is 0 Å². The molecular formula is C19H26N2O2. The van der Waals surface area contributed by atoms with Gasteiger partial charge in [0.15, 0.2) is 0 Å². The fourth-order valence-corrected chi connectivity index (χ4v) is 3.72. The molecule has 4 heteroatoms. The molecular weight excluding hydrogens is 288 g/mol. The zero-order valence-corrected chi connectivity index (χ0v) is 13.9. The highest BCUT2D eigenvalue weighted by Gasteiger charge is 2.33. The third-order valence-corrected chi connectivity index (χ3v) is 5.30. The minimum atomic E-state index is -0.0932. The average Bonchev–Trinajstić information content (AvgIpc) is 2.58. The Morgan fingerprint density at radius 3 is 2.43 bits per heavy atom. The number of carbonyl (C=O) groups excluding carboxylic acids is 2. The van der Waals surface area contributed by atoms with Crippen molar-refractivity contribution < 1.29 is 9.59 Å². The monoisotopic (exact) mass is 314 g/mol. The summed E-state index contributed by atoms with van der Waals surface area (Å²) in [5, 5.41) is 0. The van der Waals surface area contributed by atoms with E-state index in [2.05, 4.69) is 24.3 Å². The molecule has 2 amide bonds. The van der Waals surface area contributed by atoms with E-state index >= 15 is 0 Å². The van der Waals surface area contributed by atoms with Crippen molar-refractivity contribution in [2.24, 2.45) is 11.8 Å². The van der Waals surface area contributed by atoms with Crippen molar-refractivity contribution in [2.75, 3.05) is 26.7 Å². The Bertz CT molecular complexity index is 550. The number of benzene rings is 1. The molecule has 0 aromatic heterocycles. The molecule has 23 heavy (non-hydrogen) atoms. The Hall–Kier alpha value is -1.84. The van der Waals surface area contributed by atoms with E-state index in [-0.39, 0.29) is 17.7 Å². The van der Waals surface area contributed by atoms with Gasteiger partial charge in [-0.25, -0.2) is 0 Å². The van der Waals surface area contributed by atoms with Crippen molar-refractivity contribution in [1.82, 2.24) is 9.80 Å². The average molecular weight is 314 g/mol. The zero-order valence-electron chi connectivity index (χ0n) is 13.9. The van der Waals surface area contributed by atoms with Crippen LogP contribution in [-0.4, -0.2) is 48.3 Å². The Kier molecular flexibility index (Phi) is 4.99. The molecule has 4 nitrogen and oxygen atoms in total. The fourth-order valence-electron chi connectivity index (χ4n) is 3.72. The maximum Gasteiger partial charge on any atom is 0.226 e. The van der Waals surface area contributed by atoms with Gasteiger partial charge in [0, 0.05) is 39.0 Å². The first-order chi connectivity index (χ1) is 11.1. The van der Waals surface area contributed by atoms with Crippen LogP contribution in [0.1, 0.15) is 31.2 Å². The molecule has 1 atom stereocenters. The molecule has 1 unspecified atom stereocenters. The second-order valence-electron chi connectivity index (χ2n) is 6.96. The third-order valence-electron chi connectivity index (χ3n) is 5.30. The minimum absolute atomic E-state index is 0.0932. The second kappa shape index (κ2) is 7.16. The highest BCUT2D eigenvalue weighted by molar-refractivity contribution is 5.86. The van der Waals surface area contributed by atoms with Crippen LogP contribution < -0.4 is 0 Å². The lowest BCUT2D eigenvalue weighted by Gasteiger charge is -2.36. The van der Waals surface area contributed by atoms with Crippen LogP contribution in [0.25, 0.3) is 0 Å². The summed E-state index contributed by atoms with van der Waals surface area (Å²) in [5.74, 6) is 0.878. The lowest BCUT2D eigenvalue weighted by molar-refractivity contribution is -0.145. The number of likely N-dealkylation sites (tertiary alicyclic amines) is 2. The normalized spacial score (nSPS) is 23.2. The molecule has 2 fully saturated rings. The van der Waals surface area contributed by atoms with Gasteiger partial charge in [0.05, 0.1) is 0 Å². The number of carbonyl (C=O) groups is 2. The van der Waals surface area contributed by atoms with Crippen molar-refractivity contribution in [2.45, 2.75) is 32.1 Å². The molecule has 3 rings (SSSR count). The van der Waals surface area contributed by atoms with Crippen LogP contribution in [0, 0.1) is 11.8 Å². The Morgan fingerprint density at radius 2 is 1.78 bits per heavy atom.